The predicted molar refractivity (Wildman–Crippen MR) is 56.4 cm³/mol. The van der Waals surface area contributed by atoms with Crippen LogP contribution in [-0.4, -0.2) is 28.7 Å². The van der Waals surface area contributed by atoms with Crippen molar-refractivity contribution in [2.45, 2.75) is 37.8 Å². The van der Waals surface area contributed by atoms with E-state index in [1.54, 1.807) is 0 Å². The van der Waals surface area contributed by atoms with Crippen molar-refractivity contribution in [3.63, 3.8) is 0 Å². The molecule has 1 saturated carbocycles. The van der Waals surface area contributed by atoms with Crippen LogP contribution in [0.3, 0.4) is 0 Å². The minimum atomic E-state index is -0.116. The Morgan fingerprint density at radius 3 is 3.00 bits per heavy atom. The van der Waals surface area contributed by atoms with Crippen LogP contribution in [0.25, 0.3) is 0 Å². The zero-order chi connectivity index (χ0) is 9.97. The second-order valence-corrected chi connectivity index (χ2v) is 4.23. The van der Waals surface area contributed by atoms with E-state index in [-0.39, 0.29) is 6.10 Å². The molecule has 0 bridgehead atoms. The molecule has 78 valence electrons. The summed E-state index contributed by atoms with van der Waals surface area (Å²) in [5.41, 5.74) is 6.68. The maximum Gasteiger partial charge on any atom is 0.0572 e. The lowest BCUT2D eigenvalue weighted by atomic mass is 9.91. The zero-order valence-corrected chi connectivity index (χ0v) is 8.39. The molecule has 1 aliphatic carbocycles. The standard InChI is InChI=1S/C11H18N2O/c12-9-3-2-6-13(8-9)10-4-1-5-11(14)7-10/h2-3,6,10-11,14H,1,4-5,7-8,12H2/t10?,11-/m0/s1. The summed E-state index contributed by atoms with van der Waals surface area (Å²) < 4.78 is 0. The summed E-state index contributed by atoms with van der Waals surface area (Å²) in [7, 11) is 0. The number of hydrogen-bond donors (Lipinski definition) is 2. The summed E-state index contributed by atoms with van der Waals surface area (Å²) in [6, 6.07) is 0.474. The fourth-order valence-corrected chi connectivity index (χ4v) is 2.28. The van der Waals surface area contributed by atoms with Crippen molar-refractivity contribution in [3.05, 3.63) is 24.0 Å². The van der Waals surface area contributed by atoms with Gasteiger partial charge >= 0.3 is 0 Å². The molecule has 1 heterocycles. The lowest BCUT2D eigenvalue weighted by Crippen LogP contribution is -2.39. The number of allylic oxidation sites excluding steroid dienone is 2. The van der Waals surface area contributed by atoms with Crippen molar-refractivity contribution in [2.75, 3.05) is 6.54 Å². The Labute approximate surface area is 84.9 Å². The van der Waals surface area contributed by atoms with Gasteiger partial charge in [0.2, 0.25) is 0 Å². The van der Waals surface area contributed by atoms with Gasteiger partial charge in [-0.3, -0.25) is 0 Å². The van der Waals surface area contributed by atoms with Gasteiger partial charge in [0.1, 0.15) is 0 Å². The maximum atomic E-state index is 9.58. The van der Waals surface area contributed by atoms with E-state index in [0.29, 0.717) is 6.04 Å². The van der Waals surface area contributed by atoms with Gasteiger partial charge in [0.25, 0.3) is 0 Å². The number of rotatable bonds is 1. The lowest BCUT2D eigenvalue weighted by Gasteiger charge is -2.36. The summed E-state index contributed by atoms with van der Waals surface area (Å²) in [6.45, 7) is 0.813. The number of aliphatic hydroxyl groups is 1. The first-order valence-electron chi connectivity index (χ1n) is 5.32. The predicted octanol–water partition coefficient (Wildman–Crippen LogP) is 0.962. The highest BCUT2D eigenvalue weighted by molar-refractivity contribution is 5.16. The Morgan fingerprint density at radius 2 is 2.29 bits per heavy atom. The van der Waals surface area contributed by atoms with Crippen LogP contribution >= 0.6 is 0 Å². The Morgan fingerprint density at radius 1 is 1.43 bits per heavy atom. The topological polar surface area (TPSA) is 49.5 Å². The second-order valence-electron chi connectivity index (χ2n) is 4.23. The van der Waals surface area contributed by atoms with Gasteiger partial charge in [-0.15, -0.1) is 0 Å². The van der Waals surface area contributed by atoms with Crippen LogP contribution in [0.4, 0.5) is 0 Å². The van der Waals surface area contributed by atoms with E-state index in [4.69, 9.17) is 5.73 Å². The SMILES string of the molecule is NC1=CC=CN(C2CCC[C@H](O)C2)C1. The summed E-state index contributed by atoms with van der Waals surface area (Å²) in [5, 5.41) is 9.58. The molecule has 3 heteroatoms. The van der Waals surface area contributed by atoms with Crippen LogP contribution in [0, 0.1) is 0 Å². The molecule has 0 saturated heterocycles. The molecule has 2 aliphatic rings. The quantitative estimate of drug-likeness (QED) is 0.653. The van der Waals surface area contributed by atoms with Crippen LogP contribution in [-0.2, 0) is 0 Å². The average Bonchev–Trinajstić information content (AvgIpc) is 2.18. The fraction of sp³-hybridized carbons (Fsp3) is 0.636. The van der Waals surface area contributed by atoms with Crippen LogP contribution < -0.4 is 5.73 Å². The van der Waals surface area contributed by atoms with Gasteiger partial charge in [-0.1, -0.05) is 0 Å². The van der Waals surface area contributed by atoms with E-state index in [1.165, 1.54) is 6.42 Å². The van der Waals surface area contributed by atoms with E-state index in [9.17, 15) is 5.11 Å². The molecule has 3 N–H and O–H groups in total. The average molecular weight is 194 g/mol. The summed E-state index contributed by atoms with van der Waals surface area (Å²) in [6.07, 6.45) is 10.0. The van der Waals surface area contributed by atoms with Crippen LogP contribution in [0.5, 0.6) is 0 Å². The number of aliphatic hydroxyl groups excluding tert-OH is 1. The Bertz CT molecular complexity index is 260. The third-order valence-corrected chi connectivity index (χ3v) is 3.04. The van der Waals surface area contributed by atoms with Crippen LogP contribution in [0.15, 0.2) is 24.0 Å². The first-order valence-corrected chi connectivity index (χ1v) is 5.32. The Hall–Kier alpha value is -0.960. The van der Waals surface area contributed by atoms with E-state index >= 15 is 0 Å². The van der Waals surface area contributed by atoms with Gasteiger partial charge in [-0.25, -0.2) is 0 Å². The zero-order valence-electron chi connectivity index (χ0n) is 8.39. The smallest absolute Gasteiger partial charge is 0.0572 e. The summed E-state index contributed by atoms with van der Waals surface area (Å²) in [5.74, 6) is 0. The van der Waals surface area contributed by atoms with E-state index < -0.39 is 0 Å². The Kier molecular flexibility index (Phi) is 2.77. The Balaban J connectivity index is 1.95. The van der Waals surface area contributed by atoms with Crippen LogP contribution in [0.1, 0.15) is 25.7 Å². The molecule has 14 heavy (non-hydrogen) atoms. The molecule has 2 rings (SSSR count). The molecule has 0 aromatic rings. The van der Waals surface area contributed by atoms with Gasteiger partial charge in [0, 0.05) is 11.7 Å². The van der Waals surface area contributed by atoms with E-state index in [2.05, 4.69) is 11.1 Å². The van der Waals surface area contributed by atoms with Crippen molar-refractivity contribution in [1.82, 2.24) is 4.90 Å². The molecule has 2 atom stereocenters. The van der Waals surface area contributed by atoms with Gasteiger partial charge in [-0.05, 0) is 44.0 Å². The number of nitrogens with two attached hydrogens (primary N) is 1. The lowest BCUT2D eigenvalue weighted by molar-refractivity contribution is 0.0827. The highest BCUT2D eigenvalue weighted by Gasteiger charge is 2.24. The number of hydrogen-bond acceptors (Lipinski definition) is 3. The largest absolute Gasteiger partial charge is 0.401 e. The van der Waals surface area contributed by atoms with Gasteiger partial charge in [0.15, 0.2) is 0 Å². The first kappa shape index (κ1) is 9.59. The summed E-state index contributed by atoms with van der Waals surface area (Å²) in [4.78, 5) is 2.25. The molecular weight excluding hydrogens is 176 g/mol. The molecule has 1 fully saturated rings. The normalized spacial score (nSPS) is 32.9. The third kappa shape index (κ3) is 2.10. The highest BCUT2D eigenvalue weighted by atomic mass is 16.3. The molecule has 0 aromatic carbocycles. The molecular formula is C11H18N2O. The van der Waals surface area contributed by atoms with Crippen molar-refractivity contribution in [1.29, 1.82) is 0 Å². The van der Waals surface area contributed by atoms with E-state index in [0.717, 1.165) is 31.5 Å². The van der Waals surface area contributed by atoms with E-state index in [1.807, 2.05) is 12.2 Å². The maximum absolute atomic E-state index is 9.58. The first-order chi connectivity index (χ1) is 6.75. The van der Waals surface area contributed by atoms with Crippen molar-refractivity contribution in [2.24, 2.45) is 5.73 Å². The highest BCUT2D eigenvalue weighted by Crippen LogP contribution is 2.24. The van der Waals surface area contributed by atoms with Crippen molar-refractivity contribution in [3.8, 4) is 0 Å². The van der Waals surface area contributed by atoms with Crippen LogP contribution in [0.2, 0.25) is 0 Å². The van der Waals surface area contributed by atoms with Gasteiger partial charge in [0.05, 0.1) is 12.6 Å². The molecule has 1 aliphatic heterocycles. The van der Waals surface area contributed by atoms with Crippen molar-refractivity contribution < 1.29 is 5.11 Å². The fourth-order valence-electron chi connectivity index (χ4n) is 2.28. The molecule has 0 aromatic heterocycles. The minimum absolute atomic E-state index is 0.116. The monoisotopic (exact) mass is 194 g/mol. The molecule has 0 amide bonds. The van der Waals surface area contributed by atoms with Gasteiger partial charge < -0.3 is 15.7 Å². The molecule has 0 spiro atoms. The minimum Gasteiger partial charge on any atom is -0.401 e. The molecule has 1 unspecified atom stereocenters. The molecule has 3 nitrogen and oxygen atoms in total. The third-order valence-electron chi connectivity index (χ3n) is 3.04. The summed E-state index contributed by atoms with van der Waals surface area (Å²) >= 11 is 0. The second kappa shape index (κ2) is 4.05. The number of nitrogens with zero attached hydrogens (tertiary/aromatic N) is 1. The van der Waals surface area contributed by atoms with Crippen molar-refractivity contribution >= 4 is 0 Å². The molecule has 0 radical (unpaired) electrons. The van der Waals surface area contributed by atoms with Gasteiger partial charge in [-0.2, -0.15) is 0 Å².